The molecule has 0 atom stereocenters. The fourth-order valence-corrected chi connectivity index (χ4v) is 4.32. The summed E-state index contributed by atoms with van der Waals surface area (Å²) < 4.78 is 1.63. The highest BCUT2D eigenvalue weighted by molar-refractivity contribution is 6.07. The minimum Gasteiger partial charge on any atom is -0.477 e. The lowest BCUT2D eigenvalue weighted by Gasteiger charge is -2.22. The molecular weight excluding hydrogens is 486 g/mol. The van der Waals surface area contributed by atoms with Crippen molar-refractivity contribution >= 4 is 39.9 Å². The predicted molar refractivity (Wildman–Crippen MR) is 151 cm³/mol. The Morgan fingerprint density at radius 2 is 1.87 bits per heavy atom. The number of aromatic carboxylic acids is 1. The Kier molecular flexibility index (Phi) is 8.32. The van der Waals surface area contributed by atoms with Gasteiger partial charge in [0.05, 0.1) is 16.3 Å². The number of aryl methyl sites for hydroxylation is 2. The van der Waals surface area contributed by atoms with Gasteiger partial charge in [0.1, 0.15) is 11.4 Å². The number of fused-ring (bicyclic) bond motifs is 1. The van der Waals surface area contributed by atoms with E-state index in [1.165, 1.54) is 12.3 Å². The van der Waals surface area contributed by atoms with Crippen LogP contribution in [0, 0.1) is 17.0 Å². The lowest BCUT2D eigenvalue weighted by atomic mass is 10.1. The van der Waals surface area contributed by atoms with E-state index in [1.807, 2.05) is 62.1 Å². The van der Waals surface area contributed by atoms with Gasteiger partial charge in [-0.2, -0.15) is 0 Å². The van der Waals surface area contributed by atoms with Gasteiger partial charge in [-0.1, -0.05) is 25.6 Å². The lowest BCUT2D eigenvalue weighted by Crippen LogP contribution is -2.29. The van der Waals surface area contributed by atoms with Crippen molar-refractivity contribution in [2.24, 2.45) is 7.05 Å². The smallest absolute Gasteiger partial charge is 0.353 e. The van der Waals surface area contributed by atoms with Crippen molar-refractivity contribution < 1.29 is 14.8 Å². The Morgan fingerprint density at radius 3 is 2.53 bits per heavy atom. The maximum atomic E-state index is 12.1. The van der Waals surface area contributed by atoms with Crippen LogP contribution in [-0.4, -0.2) is 69.7 Å². The van der Waals surface area contributed by atoms with Crippen molar-refractivity contribution in [2.45, 2.75) is 14.4 Å². The van der Waals surface area contributed by atoms with Crippen LogP contribution in [0.4, 0.5) is 23.0 Å². The number of para-hydroxylation sites is 1. The highest BCUT2D eigenvalue weighted by atomic mass is 16.6. The van der Waals surface area contributed by atoms with Crippen LogP contribution in [0.2, 0.25) is 0 Å². The molecule has 0 fully saturated rings. The summed E-state index contributed by atoms with van der Waals surface area (Å²) in [7, 11) is 7.43. The maximum absolute atomic E-state index is 12.1. The number of nitrogens with one attached hydrogen (secondary N) is 1. The fraction of sp³-hybridized carbons (Fsp3) is 0.296. The minimum atomic E-state index is -1.07. The first kappa shape index (κ1) is 28.1. The van der Waals surface area contributed by atoms with Crippen molar-refractivity contribution in [1.82, 2.24) is 19.4 Å². The van der Waals surface area contributed by atoms with E-state index in [9.17, 15) is 20.0 Å². The van der Waals surface area contributed by atoms with Gasteiger partial charge in [-0.05, 0) is 44.8 Å². The van der Waals surface area contributed by atoms with Crippen LogP contribution < -0.4 is 10.2 Å². The third kappa shape index (κ3) is 5.42. The molecular formula is C27H33N7O4. The van der Waals surface area contributed by atoms with Gasteiger partial charge in [-0.3, -0.25) is 10.1 Å². The monoisotopic (exact) mass is 519 g/mol. The summed E-state index contributed by atoms with van der Waals surface area (Å²) in [4.78, 5) is 36.4. The molecule has 0 radical (unpaired) electrons. The number of hydrogen-bond acceptors (Lipinski definition) is 8. The quantitative estimate of drug-likeness (QED) is 0.233. The van der Waals surface area contributed by atoms with E-state index in [2.05, 4.69) is 15.3 Å². The molecule has 0 saturated carbocycles. The van der Waals surface area contributed by atoms with Crippen molar-refractivity contribution in [3.63, 3.8) is 0 Å². The summed E-state index contributed by atoms with van der Waals surface area (Å²) in [6.07, 6.45) is 1.53. The number of nitro groups is 1. The summed E-state index contributed by atoms with van der Waals surface area (Å²) in [5, 5.41) is 25.7. The Hall–Kier alpha value is -4.51. The van der Waals surface area contributed by atoms with Crippen molar-refractivity contribution in [1.29, 1.82) is 0 Å². The number of carboxylic acid groups (broad SMARTS) is 1. The molecule has 4 aromatic rings. The fourth-order valence-electron chi connectivity index (χ4n) is 4.32. The summed E-state index contributed by atoms with van der Waals surface area (Å²) >= 11 is 0. The third-order valence-electron chi connectivity index (χ3n) is 6.28. The molecule has 200 valence electrons. The largest absolute Gasteiger partial charge is 0.477 e. The molecule has 2 aromatic carbocycles. The standard InChI is InChI=1S/C26H29N7O4.CH4/c1-16-14-21(31(4)13-12-30(2)3)22(33(36)37)15-19(16)29-26-27-11-10-18(28-26)23-17-8-6-7-9-20(17)32(5)24(23)25(34)35;/h6-11,14-15H,12-13H2,1-5H3,(H,34,35)(H,27,28,29);1H4. The first-order valence-corrected chi connectivity index (χ1v) is 11.6. The molecule has 0 aliphatic carbocycles. The lowest BCUT2D eigenvalue weighted by molar-refractivity contribution is -0.384. The van der Waals surface area contributed by atoms with Gasteiger partial charge in [-0.25, -0.2) is 14.8 Å². The van der Waals surface area contributed by atoms with Crippen LogP contribution in [0.15, 0.2) is 48.7 Å². The number of carboxylic acids is 1. The van der Waals surface area contributed by atoms with E-state index in [0.29, 0.717) is 29.2 Å². The Balaban J connectivity index is 0.00000400. The van der Waals surface area contributed by atoms with Gasteiger partial charge < -0.3 is 24.8 Å². The molecule has 38 heavy (non-hydrogen) atoms. The second-order valence-corrected chi connectivity index (χ2v) is 9.13. The average molecular weight is 520 g/mol. The van der Waals surface area contributed by atoms with Crippen molar-refractivity contribution in [3.8, 4) is 11.3 Å². The molecule has 0 saturated heterocycles. The van der Waals surface area contributed by atoms with Gasteiger partial charge in [0.15, 0.2) is 0 Å². The van der Waals surface area contributed by atoms with Gasteiger partial charge >= 0.3 is 5.97 Å². The Bertz CT molecular complexity index is 1500. The molecule has 2 aromatic heterocycles. The summed E-state index contributed by atoms with van der Waals surface area (Å²) in [6, 6.07) is 12.3. The normalized spacial score (nSPS) is 10.9. The number of carbonyl (C=O) groups is 1. The summed E-state index contributed by atoms with van der Waals surface area (Å²) in [5.74, 6) is -0.866. The van der Waals surface area contributed by atoms with Crippen LogP contribution >= 0.6 is 0 Å². The van der Waals surface area contributed by atoms with Crippen molar-refractivity contribution in [2.75, 3.05) is 44.4 Å². The molecule has 0 unspecified atom stereocenters. The molecule has 2 N–H and O–H groups in total. The molecule has 11 nitrogen and oxygen atoms in total. The molecule has 0 aliphatic rings. The number of aromatic nitrogens is 3. The van der Waals surface area contributed by atoms with Crippen LogP contribution in [0.5, 0.6) is 0 Å². The Labute approximate surface area is 221 Å². The van der Waals surface area contributed by atoms with Gasteiger partial charge in [0, 0.05) is 55.9 Å². The first-order valence-electron chi connectivity index (χ1n) is 11.6. The van der Waals surface area contributed by atoms with E-state index in [-0.39, 0.29) is 24.8 Å². The van der Waals surface area contributed by atoms with Gasteiger partial charge in [0.2, 0.25) is 5.95 Å². The van der Waals surface area contributed by atoms with E-state index in [4.69, 9.17) is 0 Å². The second kappa shape index (κ2) is 11.3. The molecule has 2 heterocycles. The number of anilines is 3. The van der Waals surface area contributed by atoms with E-state index in [1.54, 1.807) is 23.7 Å². The number of nitro benzene ring substituents is 1. The predicted octanol–water partition coefficient (Wildman–Crippen LogP) is 4.93. The van der Waals surface area contributed by atoms with E-state index in [0.717, 1.165) is 23.0 Å². The second-order valence-electron chi connectivity index (χ2n) is 9.13. The van der Waals surface area contributed by atoms with Gasteiger partial charge in [-0.15, -0.1) is 0 Å². The number of likely N-dealkylation sites (N-methyl/N-ethyl adjacent to an activating group) is 2. The zero-order valence-corrected chi connectivity index (χ0v) is 21.4. The molecule has 0 aliphatic heterocycles. The summed E-state index contributed by atoms with van der Waals surface area (Å²) in [6.45, 7) is 3.23. The molecule has 0 spiro atoms. The number of nitrogens with zero attached hydrogens (tertiary/aromatic N) is 6. The van der Waals surface area contributed by atoms with Crippen molar-refractivity contribution in [3.05, 3.63) is 70.0 Å². The zero-order valence-electron chi connectivity index (χ0n) is 21.4. The molecule has 0 bridgehead atoms. The summed E-state index contributed by atoms with van der Waals surface area (Å²) in [5.41, 5.74) is 3.55. The molecule has 11 heteroatoms. The van der Waals surface area contributed by atoms with E-state index >= 15 is 0 Å². The SMILES string of the molecule is C.Cc1cc(N(C)CCN(C)C)c([N+](=O)[O-])cc1Nc1nccc(-c2c(C(=O)O)n(C)c3ccccc23)n1. The average Bonchev–Trinajstić information content (AvgIpc) is 3.16. The van der Waals surface area contributed by atoms with Crippen LogP contribution in [0.3, 0.4) is 0 Å². The molecule has 0 amide bonds. The number of rotatable bonds is 9. The van der Waals surface area contributed by atoms with Gasteiger partial charge in [0.25, 0.3) is 5.69 Å². The van der Waals surface area contributed by atoms with E-state index < -0.39 is 10.9 Å². The number of hydrogen-bond donors (Lipinski definition) is 2. The highest BCUT2D eigenvalue weighted by Gasteiger charge is 2.24. The van der Waals surface area contributed by atoms with Crippen LogP contribution in [-0.2, 0) is 7.05 Å². The minimum absolute atomic E-state index is 0. The third-order valence-corrected chi connectivity index (χ3v) is 6.28. The van der Waals surface area contributed by atoms with Crippen LogP contribution in [0.1, 0.15) is 23.5 Å². The molecule has 4 rings (SSSR count). The first-order chi connectivity index (χ1) is 17.6. The highest BCUT2D eigenvalue weighted by Crippen LogP contribution is 2.36. The van der Waals surface area contributed by atoms with Crippen LogP contribution in [0.25, 0.3) is 22.2 Å². The zero-order chi connectivity index (χ0) is 26.9. The Morgan fingerprint density at radius 1 is 1.16 bits per heavy atom. The topological polar surface area (TPSA) is 130 Å². The number of benzene rings is 2. The maximum Gasteiger partial charge on any atom is 0.353 e.